The second-order valence-corrected chi connectivity index (χ2v) is 16.3. The zero-order valence-electron chi connectivity index (χ0n) is 31.9. The Labute approximate surface area is 326 Å². The first-order valence-electron chi connectivity index (χ1n) is 18.3. The molecule has 10 heteroatoms. The zero-order valence-corrected chi connectivity index (χ0v) is 33.4. The third-order valence-electron chi connectivity index (χ3n) is 9.00. The average Bonchev–Trinajstić information content (AvgIpc) is 3.89. The molecule has 0 unspecified atom stereocenters. The highest BCUT2D eigenvalue weighted by Gasteiger charge is 2.30. The van der Waals surface area contributed by atoms with E-state index in [1.165, 1.54) is 33.5 Å². The average molecular weight is 791 g/mol. The molecule has 0 radical (unpaired) electrons. The van der Waals surface area contributed by atoms with Crippen molar-refractivity contribution in [1.82, 2.24) is 9.97 Å². The van der Waals surface area contributed by atoms with E-state index in [1.54, 1.807) is 22.2 Å². The van der Waals surface area contributed by atoms with Crippen molar-refractivity contribution in [2.75, 3.05) is 34.8 Å². The van der Waals surface area contributed by atoms with Crippen molar-refractivity contribution in [3.8, 4) is 22.3 Å². The Balaban J connectivity index is 0.000000141. The van der Waals surface area contributed by atoms with E-state index in [4.69, 9.17) is 9.47 Å². The largest absolute Gasteiger partial charge is 0.443 e. The van der Waals surface area contributed by atoms with Crippen molar-refractivity contribution in [2.24, 2.45) is 0 Å². The Morgan fingerprint density at radius 1 is 0.593 bits per heavy atom. The van der Waals surface area contributed by atoms with Crippen LogP contribution in [0.15, 0.2) is 108 Å². The van der Waals surface area contributed by atoms with Gasteiger partial charge in [-0.1, -0.05) is 46.3 Å². The second kappa shape index (κ2) is 16.4. The SMILES string of the molecule is CC(C)(C)OC(=O)N1CCc2ccc(-c3ccncc3)cc21.CC(C)(C)OC(=O)N1CCc2ccc(Br)cc21.c1cc(-c2ccc3c(c2)NCC3)ccn1. The molecular weight excluding hydrogens is 742 g/mol. The van der Waals surface area contributed by atoms with Gasteiger partial charge in [0.25, 0.3) is 0 Å². The molecule has 9 nitrogen and oxygen atoms in total. The molecule has 2 aromatic heterocycles. The number of carbonyl (C=O) groups excluding carboxylic acids is 2. The molecule has 3 aliphatic rings. The third-order valence-corrected chi connectivity index (χ3v) is 9.49. The lowest BCUT2D eigenvalue weighted by molar-refractivity contribution is 0.0573. The molecule has 0 saturated heterocycles. The summed E-state index contributed by atoms with van der Waals surface area (Å²) in [6.45, 7) is 13.7. The van der Waals surface area contributed by atoms with E-state index in [-0.39, 0.29) is 12.2 Å². The number of rotatable bonds is 2. The van der Waals surface area contributed by atoms with Crippen LogP contribution in [-0.2, 0) is 28.7 Å². The summed E-state index contributed by atoms with van der Waals surface area (Å²) in [7, 11) is 0. The Morgan fingerprint density at radius 2 is 1.06 bits per heavy atom. The number of anilines is 3. The number of ether oxygens (including phenoxy) is 2. The molecule has 3 aliphatic heterocycles. The number of fused-ring (bicyclic) bond motifs is 3. The first-order chi connectivity index (χ1) is 25.7. The lowest BCUT2D eigenvalue weighted by atomic mass is 10.0. The molecule has 0 bridgehead atoms. The van der Waals surface area contributed by atoms with Crippen LogP contribution in [0.25, 0.3) is 22.3 Å². The van der Waals surface area contributed by atoms with Gasteiger partial charge in [-0.15, -0.1) is 0 Å². The molecule has 2 amide bonds. The molecule has 0 fully saturated rings. The second-order valence-electron chi connectivity index (χ2n) is 15.4. The highest BCUT2D eigenvalue weighted by atomic mass is 79.9. The van der Waals surface area contributed by atoms with E-state index in [9.17, 15) is 9.59 Å². The van der Waals surface area contributed by atoms with E-state index in [2.05, 4.69) is 67.6 Å². The van der Waals surface area contributed by atoms with Crippen LogP contribution in [0.2, 0.25) is 0 Å². The summed E-state index contributed by atoms with van der Waals surface area (Å²) in [5, 5.41) is 3.39. The minimum absolute atomic E-state index is 0.269. The number of carbonyl (C=O) groups is 2. The van der Waals surface area contributed by atoms with Crippen LogP contribution in [0.3, 0.4) is 0 Å². The van der Waals surface area contributed by atoms with Gasteiger partial charge in [0.05, 0.1) is 11.4 Å². The minimum Gasteiger partial charge on any atom is -0.443 e. The van der Waals surface area contributed by atoms with E-state index in [0.29, 0.717) is 13.1 Å². The van der Waals surface area contributed by atoms with Gasteiger partial charge in [0.2, 0.25) is 0 Å². The van der Waals surface area contributed by atoms with Gasteiger partial charge in [-0.05, 0) is 148 Å². The van der Waals surface area contributed by atoms with Crippen LogP contribution in [0, 0.1) is 0 Å². The predicted molar refractivity (Wildman–Crippen MR) is 220 cm³/mol. The first-order valence-corrected chi connectivity index (χ1v) is 19.1. The van der Waals surface area contributed by atoms with Gasteiger partial charge < -0.3 is 14.8 Å². The molecule has 54 heavy (non-hydrogen) atoms. The topological polar surface area (TPSA) is 96.9 Å². The van der Waals surface area contributed by atoms with Crippen molar-refractivity contribution in [2.45, 2.75) is 72.0 Å². The van der Waals surface area contributed by atoms with Crippen molar-refractivity contribution in [3.63, 3.8) is 0 Å². The maximum absolute atomic E-state index is 12.4. The van der Waals surface area contributed by atoms with E-state index >= 15 is 0 Å². The van der Waals surface area contributed by atoms with E-state index in [0.717, 1.165) is 52.8 Å². The molecule has 8 rings (SSSR count). The molecule has 5 heterocycles. The lowest BCUT2D eigenvalue weighted by Gasteiger charge is -2.25. The van der Waals surface area contributed by atoms with Crippen molar-refractivity contribution >= 4 is 45.2 Å². The fourth-order valence-corrected chi connectivity index (χ4v) is 6.83. The number of pyridine rings is 2. The monoisotopic (exact) mass is 789 g/mol. The molecule has 280 valence electrons. The first kappa shape index (κ1) is 38.5. The Morgan fingerprint density at radius 3 is 1.57 bits per heavy atom. The van der Waals surface area contributed by atoms with Gasteiger partial charge in [-0.2, -0.15) is 0 Å². The summed E-state index contributed by atoms with van der Waals surface area (Å²) in [6.07, 6.45) is 9.56. The number of hydrogen-bond acceptors (Lipinski definition) is 7. The lowest BCUT2D eigenvalue weighted by Crippen LogP contribution is -2.35. The molecule has 0 atom stereocenters. The van der Waals surface area contributed by atoms with Crippen LogP contribution in [0.4, 0.5) is 26.7 Å². The number of nitrogens with zero attached hydrogens (tertiary/aromatic N) is 4. The summed E-state index contributed by atoms with van der Waals surface area (Å²) in [4.78, 5) is 35.9. The van der Waals surface area contributed by atoms with Crippen LogP contribution < -0.4 is 15.1 Å². The quantitative estimate of drug-likeness (QED) is 0.190. The fraction of sp³-hybridized carbons (Fsp3) is 0.318. The van der Waals surface area contributed by atoms with Crippen LogP contribution >= 0.6 is 15.9 Å². The minimum atomic E-state index is -0.484. The molecule has 5 aromatic rings. The highest BCUT2D eigenvalue weighted by Crippen LogP contribution is 2.34. The Kier molecular flexibility index (Phi) is 11.7. The summed E-state index contributed by atoms with van der Waals surface area (Å²) in [5.74, 6) is 0. The standard InChI is InChI=1S/C18H20N2O2.C13H16BrNO2.C13H12N2/c1-18(2,3)22-17(21)20-11-8-14-4-5-15(12-16(14)20)13-6-9-19-10-7-13;1-13(2,3)17-12(16)15-7-6-9-4-5-10(14)8-11(9)15;1-2-12(10-3-6-14-7-4-10)9-13-11(1)5-8-15-13/h4-7,9-10,12H,8,11H2,1-3H3;4-5,8H,6-7H2,1-3H3;1-4,6-7,9,15H,5,8H2. The van der Waals surface area contributed by atoms with Crippen molar-refractivity contribution in [1.29, 1.82) is 0 Å². The van der Waals surface area contributed by atoms with E-state index < -0.39 is 11.2 Å². The highest BCUT2D eigenvalue weighted by molar-refractivity contribution is 9.10. The number of hydrogen-bond donors (Lipinski definition) is 1. The maximum atomic E-state index is 12.4. The molecular formula is C44H48BrN5O4. The summed E-state index contributed by atoms with van der Waals surface area (Å²) >= 11 is 3.42. The fourth-order valence-electron chi connectivity index (χ4n) is 6.48. The number of halogens is 1. The Bertz CT molecular complexity index is 2090. The normalized spacial score (nSPS) is 14.0. The number of amides is 2. The van der Waals surface area contributed by atoms with Gasteiger partial charge in [0.1, 0.15) is 11.2 Å². The molecule has 0 saturated carbocycles. The molecule has 1 N–H and O–H groups in total. The van der Waals surface area contributed by atoms with Gasteiger partial charge in [-0.25, -0.2) is 9.59 Å². The van der Waals surface area contributed by atoms with Crippen LogP contribution in [0.5, 0.6) is 0 Å². The molecule has 3 aromatic carbocycles. The van der Waals surface area contributed by atoms with Crippen molar-refractivity contribution in [3.05, 3.63) is 125 Å². The smallest absolute Gasteiger partial charge is 0.414 e. The molecule has 0 spiro atoms. The number of nitrogens with one attached hydrogen (secondary N) is 1. The maximum Gasteiger partial charge on any atom is 0.414 e. The Hall–Kier alpha value is -5.22. The van der Waals surface area contributed by atoms with E-state index in [1.807, 2.05) is 96.4 Å². The van der Waals surface area contributed by atoms with Crippen LogP contribution in [0.1, 0.15) is 58.2 Å². The van der Waals surface area contributed by atoms with Crippen LogP contribution in [-0.4, -0.2) is 53.0 Å². The van der Waals surface area contributed by atoms with Gasteiger partial charge in [0, 0.05) is 54.6 Å². The van der Waals surface area contributed by atoms with Gasteiger partial charge in [0.15, 0.2) is 0 Å². The van der Waals surface area contributed by atoms with Gasteiger partial charge >= 0.3 is 12.2 Å². The van der Waals surface area contributed by atoms with Gasteiger partial charge in [-0.3, -0.25) is 19.8 Å². The number of benzene rings is 3. The summed E-state index contributed by atoms with van der Waals surface area (Å²) < 4.78 is 11.9. The summed E-state index contributed by atoms with van der Waals surface area (Å²) in [5.41, 5.74) is 10.7. The van der Waals surface area contributed by atoms with Crippen molar-refractivity contribution < 1.29 is 19.1 Å². The zero-order chi connectivity index (χ0) is 38.5. The predicted octanol–water partition coefficient (Wildman–Crippen LogP) is 10.5. The third kappa shape index (κ3) is 9.85. The number of aromatic nitrogens is 2. The summed E-state index contributed by atoms with van der Waals surface area (Å²) in [6, 6.07) is 26.9. The molecule has 0 aliphatic carbocycles.